The molecule has 0 saturated heterocycles. The van der Waals surface area contributed by atoms with Gasteiger partial charge < -0.3 is 18.6 Å². The SMILES string of the molecule is Fc1cc(N(c2ccccc2)c2cccc3c2oc2ccccc23)c2c3ccccc3c3c(F)cc(N(c4ccccc4)c4cccc5c4oc4ccccc45)c4ccc1c2c43. The molecule has 2 aromatic heterocycles. The highest BCUT2D eigenvalue weighted by molar-refractivity contribution is 6.38. The second kappa shape index (κ2) is 13.1. The molecule has 62 heavy (non-hydrogen) atoms. The summed E-state index contributed by atoms with van der Waals surface area (Å²) in [5.41, 5.74) is 7.25. The number of benzene rings is 11. The van der Waals surface area contributed by atoms with Gasteiger partial charge in [-0.1, -0.05) is 133 Å². The molecule has 0 atom stereocenters. The van der Waals surface area contributed by atoms with Crippen molar-refractivity contribution in [1.82, 2.24) is 0 Å². The van der Waals surface area contributed by atoms with Crippen molar-refractivity contribution in [2.75, 3.05) is 9.80 Å². The fraction of sp³-hybridized carbons (Fsp3) is 0. The molecule has 0 bridgehead atoms. The standard InChI is InChI=1S/C56H32F2N2O2/c57-43-31-48(60(34-17-5-2-6-18-34)46-26-14-24-40-36-20-10-12-28-50(36)62-56(40)46)52-38-22-8-7-21-37(38)51-44(58)32-47(42-30-29-41(43)53(52)54(42)51)59(33-15-3-1-4-16-33)45-25-13-23-39-35-19-9-11-27-49(35)61-55(39)45/h1-32H. The van der Waals surface area contributed by atoms with Gasteiger partial charge >= 0.3 is 0 Å². The molecule has 0 radical (unpaired) electrons. The van der Waals surface area contributed by atoms with E-state index in [0.717, 1.165) is 77.0 Å². The van der Waals surface area contributed by atoms with Crippen LogP contribution in [0.4, 0.5) is 42.9 Å². The molecular formula is C56H32F2N2O2. The van der Waals surface area contributed by atoms with Crippen LogP contribution in [-0.2, 0) is 0 Å². The van der Waals surface area contributed by atoms with Gasteiger partial charge in [0.25, 0.3) is 0 Å². The van der Waals surface area contributed by atoms with Gasteiger partial charge in [-0.2, -0.15) is 0 Å². The predicted octanol–water partition coefficient (Wildman–Crippen LogP) is 16.8. The van der Waals surface area contributed by atoms with Gasteiger partial charge in [0.15, 0.2) is 11.2 Å². The molecule has 292 valence electrons. The van der Waals surface area contributed by atoms with E-state index in [-0.39, 0.29) is 0 Å². The van der Waals surface area contributed by atoms with E-state index < -0.39 is 11.6 Å². The number of fused-ring (bicyclic) bond motifs is 9. The highest BCUT2D eigenvalue weighted by atomic mass is 19.1. The number of furan rings is 2. The Morgan fingerprint density at radius 2 is 0.726 bits per heavy atom. The summed E-state index contributed by atoms with van der Waals surface area (Å²) in [7, 11) is 0. The minimum absolute atomic E-state index is 0.407. The zero-order chi connectivity index (χ0) is 41.1. The minimum Gasteiger partial charge on any atom is -0.454 e. The maximum Gasteiger partial charge on any atom is 0.159 e. The van der Waals surface area contributed by atoms with Gasteiger partial charge in [-0.15, -0.1) is 0 Å². The number of hydrogen-bond donors (Lipinski definition) is 0. The van der Waals surface area contributed by atoms with Crippen LogP contribution in [0.2, 0.25) is 0 Å². The van der Waals surface area contributed by atoms with Gasteiger partial charge in [-0.3, -0.25) is 0 Å². The van der Waals surface area contributed by atoms with Crippen LogP contribution in [0.5, 0.6) is 0 Å². The summed E-state index contributed by atoms with van der Waals surface area (Å²) in [4.78, 5) is 4.15. The summed E-state index contributed by atoms with van der Waals surface area (Å²) in [5, 5.41) is 9.13. The van der Waals surface area contributed by atoms with Crippen LogP contribution in [0, 0.1) is 11.6 Å². The molecule has 0 saturated carbocycles. The summed E-state index contributed by atoms with van der Waals surface area (Å²) in [6.45, 7) is 0. The quantitative estimate of drug-likeness (QED) is 0.124. The molecule has 2 heterocycles. The van der Waals surface area contributed by atoms with E-state index in [1.165, 1.54) is 0 Å². The largest absolute Gasteiger partial charge is 0.454 e. The van der Waals surface area contributed by atoms with Gasteiger partial charge in [0.05, 0.1) is 22.7 Å². The Kier molecular flexibility index (Phi) is 7.34. The number of halogens is 2. The lowest BCUT2D eigenvalue weighted by Gasteiger charge is -2.30. The fourth-order valence-corrected chi connectivity index (χ4v) is 9.93. The highest BCUT2D eigenvalue weighted by Gasteiger charge is 2.29. The third-order valence-corrected chi connectivity index (χ3v) is 12.5. The van der Waals surface area contributed by atoms with Gasteiger partial charge in [-0.25, -0.2) is 8.78 Å². The molecule has 6 heteroatoms. The molecule has 0 aliphatic heterocycles. The summed E-state index contributed by atoms with van der Waals surface area (Å²) in [6, 6.07) is 63.0. The van der Waals surface area contributed by atoms with Crippen molar-refractivity contribution in [3.8, 4) is 0 Å². The molecule has 11 aromatic carbocycles. The van der Waals surface area contributed by atoms with E-state index in [9.17, 15) is 0 Å². The second-order valence-corrected chi connectivity index (χ2v) is 15.8. The van der Waals surface area contributed by atoms with Crippen LogP contribution in [0.3, 0.4) is 0 Å². The number of nitrogens with zero attached hydrogens (tertiary/aromatic N) is 2. The molecule has 0 amide bonds. The minimum atomic E-state index is -0.415. The molecule has 0 aliphatic carbocycles. The van der Waals surface area contributed by atoms with Gasteiger partial charge in [0.2, 0.25) is 0 Å². The molecule has 4 nitrogen and oxygen atoms in total. The Hall–Kier alpha value is -8.22. The molecule has 0 fully saturated rings. The molecule has 0 aliphatic rings. The van der Waals surface area contributed by atoms with E-state index in [4.69, 9.17) is 8.83 Å². The van der Waals surface area contributed by atoms with Crippen LogP contribution in [0.25, 0.3) is 87.0 Å². The zero-order valence-electron chi connectivity index (χ0n) is 32.9. The van der Waals surface area contributed by atoms with Crippen molar-refractivity contribution in [3.05, 3.63) is 206 Å². The Labute approximate surface area is 353 Å². The van der Waals surface area contributed by atoms with Gasteiger partial charge in [0, 0.05) is 65.2 Å². The van der Waals surface area contributed by atoms with Crippen molar-refractivity contribution in [1.29, 1.82) is 0 Å². The Bertz CT molecular complexity index is 3910. The molecule has 0 N–H and O–H groups in total. The van der Waals surface area contributed by atoms with Crippen molar-refractivity contribution >= 4 is 121 Å². The number of para-hydroxylation sites is 6. The van der Waals surface area contributed by atoms with Crippen molar-refractivity contribution in [3.63, 3.8) is 0 Å². The summed E-state index contributed by atoms with van der Waals surface area (Å²) < 4.78 is 48.3. The lowest BCUT2D eigenvalue weighted by Crippen LogP contribution is -2.13. The summed E-state index contributed by atoms with van der Waals surface area (Å²) in [5.74, 6) is -0.824. The number of anilines is 6. The summed E-state index contributed by atoms with van der Waals surface area (Å²) >= 11 is 0. The van der Waals surface area contributed by atoms with Crippen LogP contribution < -0.4 is 9.80 Å². The first-order valence-electron chi connectivity index (χ1n) is 20.6. The topological polar surface area (TPSA) is 32.8 Å². The van der Waals surface area contributed by atoms with E-state index in [0.29, 0.717) is 44.1 Å². The predicted molar refractivity (Wildman–Crippen MR) is 251 cm³/mol. The second-order valence-electron chi connectivity index (χ2n) is 15.8. The Balaban J connectivity index is 1.18. The normalized spacial score (nSPS) is 12.0. The van der Waals surface area contributed by atoms with Crippen LogP contribution in [-0.4, -0.2) is 0 Å². The van der Waals surface area contributed by atoms with E-state index >= 15 is 8.78 Å². The maximum absolute atomic E-state index is 17.7. The molecule has 13 aromatic rings. The summed E-state index contributed by atoms with van der Waals surface area (Å²) in [6.07, 6.45) is 0. The van der Waals surface area contributed by atoms with Crippen molar-refractivity contribution in [2.45, 2.75) is 0 Å². The van der Waals surface area contributed by atoms with Crippen LogP contribution in [0.15, 0.2) is 203 Å². The highest BCUT2D eigenvalue weighted by Crippen LogP contribution is 2.53. The van der Waals surface area contributed by atoms with Crippen molar-refractivity contribution < 1.29 is 17.6 Å². The monoisotopic (exact) mass is 802 g/mol. The molecule has 0 spiro atoms. The van der Waals surface area contributed by atoms with Crippen LogP contribution >= 0.6 is 0 Å². The maximum atomic E-state index is 17.7. The third kappa shape index (κ3) is 4.86. The van der Waals surface area contributed by atoms with Crippen molar-refractivity contribution in [2.24, 2.45) is 0 Å². The van der Waals surface area contributed by atoms with Gasteiger partial charge in [-0.05, 0) is 71.4 Å². The zero-order valence-corrected chi connectivity index (χ0v) is 32.9. The smallest absolute Gasteiger partial charge is 0.159 e. The number of rotatable bonds is 6. The number of hydrogen-bond acceptors (Lipinski definition) is 4. The average Bonchev–Trinajstić information content (AvgIpc) is 3.90. The molecule has 13 rings (SSSR count). The van der Waals surface area contributed by atoms with Gasteiger partial charge in [0.1, 0.15) is 22.8 Å². The van der Waals surface area contributed by atoms with Crippen LogP contribution in [0.1, 0.15) is 0 Å². The van der Waals surface area contributed by atoms with E-state index in [1.807, 2.05) is 158 Å². The molecular weight excluding hydrogens is 771 g/mol. The Morgan fingerprint density at radius 1 is 0.290 bits per heavy atom. The first kappa shape index (κ1) is 34.6. The van der Waals surface area contributed by atoms with E-state index in [1.54, 1.807) is 12.1 Å². The fourth-order valence-electron chi connectivity index (χ4n) is 9.93. The molecule has 0 unspecified atom stereocenters. The van der Waals surface area contributed by atoms with E-state index in [2.05, 4.69) is 34.1 Å². The first-order valence-corrected chi connectivity index (χ1v) is 20.6. The average molecular weight is 803 g/mol. The first-order chi connectivity index (χ1) is 30.6. The Morgan fingerprint density at radius 3 is 1.31 bits per heavy atom. The lowest BCUT2D eigenvalue weighted by atomic mass is 9.87. The third-order valence-electron chi connectivity index (χ3n) is 12.5. The lowest BCUT2D eigenvalue weighted by molar-refractivity contribution is 0.639.